The highest BCUT2D eigenvalue weighted by atomic mass is 79.9. The van der Waals surface area contributed by atoms with Crippen LogP contribution in [-0.2, 0) is 9.59 Å². The Morgan fingerprint density at radius 3 is 2.90 bits per heavy atom. The number of hydrogen-bond donors (Lipinski definition) is 1. The first-order chi connectivity index (χ1) is 9.43. The minimum Gasteiger partial charge on any atom is -0.480 e. The number of carboxylic acids is 1. The number of nitrogens with zero attached hydrogens (tertiary/aromatic N) is 1. The van der Waals surface area contributed by atoms with Gasteiger partial charge in [-0.3, -0.25) is 4.79 Å². The molecule has 0 bridgehead atoms. The SMILES string of the molecule is CC1(C(=O)O)CCCN1C(=O)CSc1cccc(Br)c1. The maximum absolute atomic E-state index is 12.3. The van der Waals surface area contributed by atoms with Gasteiger partial charge in [0.25, 0.3) is 0 Å². The number of carbonyl (C=O) groups is 2. The number of amides is 1. The van der Waals surface area contributed by atoms with E-state index in [4.69, 9.17) is 0 Å². The maximum Gasteiger partial charge on any atom is 0.329 e. The van der Waals surface area contributed by atoms with Crippen molar-refractivity contribution < 1.29 is 14.7 Å². The van der Waals surface area contributed by atoms with Crippen molar-refractivity contribution >= 4 is 39.6 Å². The summed E-state index contributed by atoms with van der Waals surface area (Å²) in [6.45, 7) is 2.16. The number of likely N-dealkylation sites (tertiary alicyclic amines) is 1. The third kappa shape index (κ3) is 3.17. The molecule has 1 N–H and O–H groups in total. The molecule has 0 aliphatic carbocycles. The molecular formula is C14H16BrNO3S. The van der Waals surface area contributed by atoms with E-state index in [0.29, 0.717) is 13.0 Å². The van der Waals surface area contributed by atoms with Crippen LogP contribution in [0.25, 0.3) is 0 Å². The Labute approximate surface area is 130 Å². The van der Waals surface area contributed by atoms with E-state index in [1.165, 1.54) is 16.7 Å². The first-order valence-corrected chi connectivity index (χ1v) is 8.13. The van der Waals surface area contributed by atoms with Crippen molar-refractivity contribution in [1.82, 2.24) is 4.90 Å². The number of rotatable bonds is 4. The molecular weight excluding hydrogens is 342 g/mol. The van der Waals surface area contributed by atoms with Crippen LogP contribution in [0, 0.1) is 0 Å². The van der Waals surface area contributed by atoms with E-state index in [1.807, 2.05) is 24.3 Å². The first-order valence-electron chi connectivity index (χ1n) is 6.36. The average Bonchev–Trinajstić information content (AvgIpc) is 2.80. The van der Waals surface area contributed by atoms with Crippen molar-refractivity contribution in [2.45, 2.75) is 30.2 Å². The topological polar surface area (TPSA) is 57.6 Å². The molecule has 1 aromatic carbocycles. The summed E-state index contributed by atoms with van der Waals surface area (Å²) in [7, 11) is 0. The fraction of sp³-hybridized carbons (Fsp3) is 0.429. The molecule has 1 atom stereocenters. The molecule has 1 aliphatic rings. The van der Waals surface area contributed by atoms with Crippen LogP contribution in [0.2, 0.25) is 0 Å². The number of halogens is 1. The van der Waals surface area contributed by atoms with Gasteiger partial charge in [-0.15, -0.1) is 11.8 Å². The molecule has 0 saturated carbocycles. The van der Waals surface area contributed by atoms with E-state index >= 15 is 0 Å². The van der Waals surface area contributed by atoms with Crippen LogP contribution >= 0.6 is 27.7 Å². The molecule has 2 rings (SSSR count). The molecule has 0 radical (unpaired) electrons. The minimum absolute atomic E-state index is 0.114. The van der Waals surface area contributed by atoms with Crippen LogP contribution in [0.4, 0.5) is 0 Å². The second kappa shape index (κ2) is 6.18. The molecule has 1 unspecified atom stereocenters. The predicted molar refractivity (Wildman–Crippen MR) is 81.9 cm³/mol. The molecule has 20 heavy (non-hydrogen) atoms. The van der Waals surface area contributed by atoms with Crippen molar-refractivity contribution in [3.63, 3.8) is 0 Å². The lowest BCUT2D eigenvalue weighted by Gasteiger charge is -2.31. The van der Waals surface area contributed by atoms with Crippen LogP contribution in [0.3, 0.4) is 0 Å². The van der Waals surface area contributed by atoms with E-state index in [2.05, 4.69) is 15.9 Å². The Morgan fingerprint density at radius 2 is 2.25 bits per heavy atom. The Balaban J connectivity index is 2.00. The largest absolute Gasteiger partial charge is 0.480 e. The van der Waals surface area contributed by atoms with Gasteiger partial charge in [0.05, 0.1) is 5.75 Å². The predicted octanol–water partition coefficient (Wildman–Crippen LogP) is 3.01. The van der Waals surface area contributed by atoms with E-state index in [-0.39, 0.29) is 11.7 Å². The molecule has 1 saturated heterocycles. The third-order valence-electron chi connectivity index (χ3n) is 3.56. The summed E-state index contributed by atoms with van der Waals surface area (Å²) in [5, 5.41) is 9.31. The van der Waals surface area contributed by atoms with Crippen molar-refractivity contribution in [2.75, 3.05) is 12.3 Å². The highest BCUT2D eigenvalue weighted by molar-refractivity contribution is 9.10. The summed E-state index contributed by atoms with van der Waals surface area (Å²) in [6.07, 6.45) is 1.27. The Kier molecular flexibility index (Phi) is 4.75. The molecule has 1 aliphatic heterocycles. The molecule has 1 amide bonds. The zero-order chi connectivity index (χ0) is 14.8. The van der Waals surface area contributed by atoms with Crippen molar-refractivity contribution in [1.29, 1.82) is 0 Å². The summed E-state index contributed by atoms with van der Waals surface area (Å²) in [4.78, 5) is 26.1. The maximum atomic E-state index is 12.3. The van der Waals surface area contributed by atoms with Gasteiger partial charge in [0, 0.05) is 15.9 Å². The molecule has 4 nitrogen and oxygen atoms in total. The first kappa shape index (κ1) is 15.4. The normalized spacial score (nSPS) is 22.0. The van der Waals surface area contributed by atoms with Crippen molar-refractivity contribution in [2.24, 2.45) is 0 Å². The molecule has 0 spiro atoms. The molecule has 6 heteroatoms. The molecule has 0 aromatic heterocycles. The van der Waals surface area contributed by atoms with Crippen LogP contribution in [0.5, 0.6) is 0 Å². The second-order valence-electron chi connectivity index (χ2n) is 4.97. The number of aliphatic carboxylic acids is 1. The third-order valence-corrected chi connectivity index (χ3v) is 5.03. The molecule has 108 valence electrons. The summed E-state index contributed by atoms with van der Waals surface area (Å²) < 4.78 is 0.964. The summed E-state index contributed by atoms with van der Waals surface area (Å²) in [5.74, 6) is -0.771. The van der Waals surface area contributed by atoms with Gasteiger partial charge in [0.1, 0.15) is 5.54 Å². The number of carbonyl (C=O) groups excluding carboxylic acids is 1. The van der Waals surface area contributed by atoms with Gasteiger partial charge in [0.15, 0.2) is 0 Å². The monoisotopic (exact) mass is 357 g/mol. The average molecular weight is 358 g/mol. The summed E-state index contributed by atoms with van der Waals surface area (Å²) in [5.41, 5.74) is -1.05. The summed E-state index contributed by atoms with van der Waals surface area (Å²) >= 11 is 4.81. The zero-order valence-corrected chi connectivity index (χ0v) is 13.5. The Bertz CT molecular complexity index is 537. The van der Waals surface area contributed by atoms with Gasteiger partial charge < -0.3 is 10.0 Å². The number of carboxylic acid groups (broad SMARTS) is 1. The minimum atomic E-state index is -1.05. The van der Waals surface area contributed by atoms with Gasteiger partial charge >= 0.3 is 5.97 Å². The lowest BCUT2D eigenvalue weighted by atomic mass is 9.99. The van der Waals surface area contributed by atoms with E-state index < -0.39 is 11.5 Å². The highest BCUT2D eigenvalue weighted by Gasteiger charge is 2.45. The number of thioether (sulfide) groups is 1. The quantitative estimate of drug-likeness (QED) is 0.841. The fourth-order valence-corrected chi connectivity index (χ4v) is 3.75. The smallest absolute Gasteiger partial charge is 0.329 e. The van der Waals surface area contributed by atoms with E-state index in [1.54, 1.807) is 6.92 Å². The Hall–Kier alpha value is -1.01. The van der Waals surface area contributed by atoms with Crippen LogP contribution < -0.4 is 0 Å². The number of benzene rings is 1. The standard InChI is InChI=1S/C14H16BrNO3S/c1-14(13(18)19)6-3-7-16(14)12(17)9-20-11-5-2-4-10(15)8-11/h2,4-5,8H,3,6-7,9H2,1H3,(H,18,19). The van der Waals surface area contributed by atoms with Crippen molar-refractivity contribution in [3.05, 3.63) is 28.7 Å². The van der Waals surface area contributed by atoms with Crippen LogP contribution in [-0.4, -0.2) is 39.7 Å². The van der Waals surface area contributed by atoms with Gasteiger partial charge in [-0.25, -0.2) is 4.79 Å². The van der Waals surface area contributed by atoms with Crippen LogP contribution in [0.1, 0.15) is 19.8 Å². The molecule has 1 fully saturated rings. The van der Waals surface area contributed by atoms with Gasteiger partial charge in [-0.05, 0) is 38.0 Å². The fourth-order valence-electron chi connectivity index (χ4n) is 2.37. The van der Waals surface area contributed by atoms with Gasteiger partial charge in [-0.2, -0.15) is 0 Å². The lowest BCUT2D eigenvalue weighted by molar-refractivity contribution is -0.154. The zero-order valence-electron chi connectivity index (χ0n) is 11.1. The highest BCUT2D eigenvalue weighted by Crippen LogP contribution is 2.31. The van der Waals surface area contributed by atoms with Gasteiger partial charge in [0.2, 0.25) is 5.91 Å². The van der Waals surface area contributed by atoms with Gasteiger partial charge in [-0.1, -0.05) is 22.0 Å². The van der Waals surface area contributed by atoms with Crippen molar-refractivity contribution in [3.8, 4) is 0 Å². The van der Waals surface area contributed by atoms with E-state index in [9.17, 15) is 14.7 Å². The Morgan fingerprint density at radius 1 is 1.50 bits per heavy atom. The molecule has 1 aromatic rings. The lowest BCUT2D eigenvalue weighted by Crippen LogP contribution is -2.51. The van der Waals surface area contributed by atoms with Crippen LogP contribution in [0.15, 0.2) is 33.6 Å². The number of hydrogen-bond acceptors (Lipinski definition) is 3. The van der Waals surface area contributed by atoms with E-state index in [0.717, 1.165) is 15.8 Å². The molecule has 1 heterocycles. The summed E-state index contributed by atoms with van der Waals surface area (Å²) in [6, 6.07) is 7.71. The second-order valence-corrected chi connectivity index (χ2v) is 6.94.